The third-order valence-corrected chi connectivity index (χ3v) is 3.38. The van der Waals surface area contributed by atoms with Gasteiger partial charge in [0.25, 0.3) is 11.8 Å². The van der Waals surface area contributed by atoms with E-state index in [1.54, 1.807) is 12.1 Å². The number of carbonyl (C=O) groups excluding carboxylic acids is 3. The molecule has 1 N–H and O–H groups in total. The molecule has 100 valence electrons. The fourth-order valence-electron chi connectivity index (χ4n) is 1.79. The van der Waals surface area contributed by atoms with Crippen molar-refractivity contribution in [2.24, 2.45) is 0 Å². The lowest BCUT2D eigenvalue weighted by Gasteiger charge is -2.28. The summed E-state index contributed by atoms with van der Waals surface area (Å²) in [5.74, 6) is -1.03. The quantitative estimate of drug-likeness (QED) is 0.813. The van der Waals surface area contributed by atoms with E-state index < -0.39 is 11.9 Å². The smallest absolute Gasteiger partial charge is 0.270 e. The molecule has 1 aliphatic rings. The fourth-order valence-corrected chi connectivity index (χ4v) is 2.03. The predicted octanol–water partition coefficient (Wildman–Crippen LogP) is 0.721. The van der Waals surface area contributed by atoms with Crippen LogP contribution in [0.4, 0.5) is 0 Å². The number of rotatable bonds is 2. The number of nitrogens with one attached hydrogen (secondary N) is 1. The molecule has 1 fully saturated rings. The highest BCUT2D eigenvalue weighted by Crippen LogP contribution is 2.12. The molecule has 3 amide bonds. The van der Waals surface area contributed by atoms with Crippen LogP contribution in [0.2, 0.25) is 0 Å². The average molecular weight is 326 g/mol. The number of pyridine rings is 1. The number of piperidine rings is 1. The van der Waals surface area contributed by atoms with Crippen molar-refractivity contribution in [3.05, 3.63) is 28.5 Å². The highest BCUT2D eigenvalue weighted by Gasteiger charge is 2.32. The van der Waals surface area contributed by atoms with Gasteiger partial charge in [-0.05, 0) is 34.5 Å². The summed E-state index contributed by atoms with van der Waals surface area (Å²) in [4.78, 5) is 40.0. The van der Waals surface area contributed by atoms with E-state index in [0.717, 1.165) is 9.37 Å². The van der Waals surface area contributed by atoms with Crippen LogP contribution in [0.3, 0.4) is 0 Å². The molecule has 0 aromatic carbocycles. The summed E-state index contributed by atoms with van der Waals surface area (Å²) >= 11 is 3.22. The van der Waals surface area contributed by atoms with Gasteiger partial charge in [-0.25, -0.2) is 4.98 Å². The monoisotopic (exact) mass is 325 g/mol. The van der Waals surface area contributed by atoms with Crippen LogP contribution in [0.1, 0.15) is 23.3 Å². The summed E-state index contributed by atoms with van der Waals surface area (Å²) in [7, 11) is 1.42. The summed E-state index contributed by atoms with van der Waals surface area (Å²) in [6.07, 6.45) is 2.08. The van der Waals surface area contributed by atoms with Crippen molar-refractivity contribution in [1.29, 1.82) is 0 Å². The first kappa shape index (κ1) is 13.7. The average Bonchev–Trinajstić information content (AvgIpc) is 2.40. The molecule has 0 saturated carbocycles. The minimum absolute atomic E-state index is 0.225. The molecule has 0 bridgehead atoms. The molecule has 1 unspecified atom stereocenters. The normalized spacial score (nSPS) is 19.5. The molecular weight excluding hydrogens is 314 g/mol. The minimum atomic E-state index is -0.666. The summed E-state index contributed by atoms with van der Waals surface area (Å²) in [6.45, 7) is 0. The van der Waals surface area contributed by atoms with E-state index in [-0.39, 0.29) is 23.9 Å². The zero-order chi connectivity index (χ0) is 14.0. The van der Waals surface area contributed by atoms with Gasteiger partial charge < -0.3 is 5.32 Å². The van der Waals surface area contributed by atoms with E-state index in [1.165, 1.54) is 13.2 Å². The van der Waals surface area contributed by atoms with Crippen LogP contribution >= 0.6 is 15.9 Å². The second-order valence-electron chi connectivity index (χ2n) is 4.22. The maximum atomic E-state index is 11.9. The van der Waals surface area contributed by atoms with Gasteiger partial charge in [0.05, 0.1) is 0 Å². The van der Waals surface area contributed by atoms with Crippen LogP contribution in [0.15, 0.2) is 22.8 Å². The van der Waals surface area contributed by atoms with Crippen LogP contribution in [0.25, 0.3) is 0 Å². The molecule has 2 heterocycles. The zero-order valence-corrected chi connectivity index (χ0v) is 11.8. The molecule has 19 heavy (non-hydrogen) atoms. The molecule has 1 aliphatic heterocycles. The van der Waals surface area contributed by atoms with Crippen molar-refractivity contribution in [2.75, 3.05) is 7.05 Å². The van der Waals surface area contributed by atoms with E-state index >= 15 is 0 Å². The second kappa shape index (κ2) is 5.48. The Bertz CT molecular complexity index is 530. The standard InChI is InChI=1S/C12H12BrN3O3/c1-16-10(17)5-4-9(12(16)19)15-11(18)8-3-2-7(13)6-14-8/h2-3,6,9H,4-5H2,1H3,(H,15,18). The maximum absolute atomic E-state index is 11.9. The third kappa shape index (κ3) is 2.98. The van der Waals surface area contributed by atoms with Gasteiger partial charge >= 0.3 is 0 Å². The number of carbonyl (C=O) groups is 3. The van der Waals surface area contributed by atoms with Crippen molar-refractivity contribution in [2.45, 2.75) is 18.9 Å². The Hall–Kier alpha value is -1.76. The number of imide groups is 1. The predicted molar refractivity (Wildman–Crippen MR) is 70.2 cm³/mol. The molecule has 1 aromatic heterocycles. The van der Waals surface area contributed by atoms with Crippen molar-refractivity contribution in [1.82, 2.24) is 15.2 Å². The van der Waals surface area contributed by atoms with Crippen LogP contribution in [-0.2, 0) is 9.59 Å². The lowest BCUT2D eigenvalue weighted by atomic mass is 10.0. The molecule has 1 aromatic rings. The third-order valence-electron chi connectivity index (χ3n) is 2.92. The van der Waals surface area contributed by atoms with Gasteiger partial charge in [-0.2, -0.15) is 0 Å². The maximum Gasteiger partial charge on any atom is 0.270 e. The van der Waals surface area contributed by atoms with Crippen molar-refractivity contribution < 1.29 is 14.4 Å². The molecule has 2 rings (SSSR count). The largest absolute Gasteiger partial charge is 0.339 e. The highest BCUT2D eigenvalue weighted by atomic mass is 79.9. The Kier molecular flexibility index (Phi) is 3.94. The first-order valence-corrected chi connectivity index (χ1v) is 6.51. The van der Waals surface area contributed by atoms with Gasteiger partial charge in [0, 0.05) is 24.1 Å². The first-order valence-electron chi connectivity index (χ1n) is 5.72. The Labute approximate surface area is 118 Å². The number of aromatic nitrogens is 1. The Morgan fingerprint density at radius 2 is 2.21 bits per heavy atom. The molecule has 6 nitrogen and oxygen atoms in total. The number of hydrogen-bond acceptors (Lipinski definition) is 4. The lowest BCUT2D eigenvalue weighted by Crippen LogP contribution is -2.53. The zero-order valence-electron chi connectivity index (χ0n) is 10.2. The van der Waals surface area contributed by atoms with Crippen molar-refractivity contribution in [3.63, 3.8) is 0 Å². The molecule has 7 heteroatoms. The van der Waals surface area contributed by atoms with Crippen LogP contribution < -0.4 is 5.32 Å². The summed E-state index contributed by atoms with van der Waals surface area (Å²) in [5, 5.41) is 2.60. The number of nitrogens with zero attached hydrogens (tertiary/aromatic N) is 2. The van der Waals surface area contributed by atoms with Gasteiger partial charge in [-0.1, -0.05) is 0 Å². The molecule has 1 atom stereocenters. The topological polar surface area (TPSA) is 79.4 Å². The van der Waals surface area contributed by atoms with E-state index in [4.69, 9.17) is 0 Å². The van der Waals surface area contributed by atoms with Crippen LogP contribution in [0.5, 0.6) is 0 Å². The summed E-state index contributed by atoms with van der Waals surface area (Å²) in [5.41, 5.74) is 0.232. The molecule has 1 saturated heterocycles. The van der Waals surface area contributed by atoms with Crippen molar-refractivity contribution >= 4 is 33.7 Å². The van der Waals surface area contributed by atoms with Gasteiger partial charge in [0.15, 0.2) is 0 Å². The lowest BCUT2D eigenvalue weighted by molar-refractivity contribution is -0.147. The number of likely N-dealkylation sites (tertiary alicyclic amines) is 1. The van der Waals surface area contributed by atoms with Gasteiger partial charge in [-0.3, -0.25) is 19.3 Å². The van der Waals surface area contributed by atoms with Crippen molar-refractivity contribution in [3.8, 4) is 0 Å². The molecular formula is C12H12BrN3O3. The Morgan fingerprint density at radius 1 is 1.47 bits per heavy atom. The van der Waals surface area contributed by atoms with Gasteiger partial charge in [-0.15, -0.1) is 0 Å². The Morgan fingerprint density at radius 3 is 2.84 bits per heavy atom. The van der Waals surface area contributed by atoms with E-state index in [2.05, 4.69) is 26.2 Å². The molecule has 0 radical (unpaired) electrons. The van der Waals surface area contributed by atoms with Gasteiger partial charge in [0.1, 0.15) is 11.7 Å². The second-order valence-corrected chi connectivity index (χ2v) is 5.13. The Balaban J connectivity index is 2.05. The first-order chi connectivity index (χ1) is 8.99. The van der Waals surface area contributed by atoms with E-state index in [1.807, 2.05) is 0 Å². The van der Waals surface area contributed by atoms with Crippen LogP contribution in [-0.4, -0.2) is 40.7 Å². The van der Waals surface area contributed by atoms with E-state index in [9.17, 15) is 14.4 Å². The number of halogens is 1. The fraction of sp³-hybridized carbons (Fsp3) is 0.333. The number of hydrogen-bond donors (Lipinski definition) is 1. The number of amides is 3. The number of likely N-dealkylation sites (N-methyl/N-ethyl adjacent to an activating group) is 1. The molecule has 0 aliphatic carbocycles. The van der Waals surface area contributed by atoms with E-state index in [0.29, 0.717) is 6.42 Å². The minimum Gasteiger partial charge on any atom is -0.339 e. The summed E-state index contributed by atoms with van der Waals surface area (Å²) in [6, 6.07) is 2.59. The van der Waals surface area contributed by atoms with Crippen LogP contribution in [0, 0.1) is 0 Å². The van der Waals surface area contributed by atoms with Gasteiger partial charge in [0.2, 0.25) is 5.91 Å². The highest BCUT2D eigenvalue weighted by molar-refractivity contribution is 9.10. The molecule has 0 spiro atoms. The SMILES string of the molecule is CN1C(=O)CCC(NC(=O)c2ccc(Br)cn2)C1=O. The summed E-state index contributed by atoms with van der Waals surface area (Å²) < 4.78 is 0.767.